The molecular formula is C14H11BrFNO2. The van der Waals surface area contributed by atoms with Gasteiger partial charge in [-0.3, -0.25) is 0 Å². The molecular weight excluding hydrogens is 313 g/mol. The van der Waals surface area contributed by atoms with Crippen LogP contribution in [0.3, 0.4) is 0 Å². The highest BCUT2D eigenvalue weighted by Gasteiger charge is 2.03. The summed E-state index contributed by atoms with van der Waals surface area (Å²) < 4.78 is 13.9. The number of nitrogens with one attached hydrogen (secondary N) is 1. The Morgan fingerprint density at radius 3 is 2.53 bits per heavy atom. The Morgan fingerprint density at radius 1 is 1.21 bits per heavy atom. The summed E-state index contributed by atoms with van der Waals surface area (Å²) in [5.41, 5.74) is 1.81. The fourth-order valence-electron chi connectivity index (χ4n) is 1.61. The maximum Gasteiger partial charge on any atom is 0.335 e. The first-order chi connectivity index (χ1) is 9.06. The van der Waals surface area contributed by atoms with E-state index in [0.29, 0.717) is 6.54 Å². The van der Waals surface area contributed by atoms with Gasteiger partial charge in [0, 0.05) is 16.7 Å². The van der Waals surface area contributed by atoms with Gasteiger partial charge in [-0.15, -0.1) is 0 Å². The van der Waals surface area contributed by atoms with Crippen molar-refractivity contribution in [3.05, 3.63) is 63.9 Å². The van der Waals surface area contributed by atoms with Crippen LogP contribution in [0.1, 0.15) is 15.9 Å². The van der Waals surface area contributed by atoms with Crippen LogP contribution in [-0.4, -0.2) is 11.1 Å². The van der Waals surface area contributed by atoms with Gasteiger partial charge in [0.05, 0.1) is 5.56 Å². The number of aromatic carboxylic acids is 1. The van der Waals surface area contributed by atoms with Gasteiger partial charge in [0.2, 0.25) is 0 Å². The molecule has 0 aliphatic carbocycles. The van der Waals surface area contributed by atoms with Gasteiger partial charge in [-0.05, 0) is 48.0 Å². The largest absolute Gasteiger partial charge is 0.478 e. The van der Waals surface area contributed by atoms with Crippen molar-refractivity contribution in [2.24, 2.45) is 0 Å². The van der Waals surface area contributed by atoms with Gasteiger partial charge in [-0.2, -0.15) is 0 Å². The highest BCUT2D eigenvalue weighted by Crippen LogP contribution is 2.19. The first-order valence-electron chi connectivity index (χ1n) is 5.57. The number of hydrogen-bond donors (Lipinski definition) is 2. The van der Waals surface area contributed by atoms with Gasteiger partial charge < -0.3 is 10.4 Å². The van der Waals surface area contributed by atoms with Crippen LogP contribution in [0.25, 0.3) is 0 Å². The highest BCUT2D eigenvalue weighted by atomic mass is 79.9. The molecule has 0 fully saturated rings. The molecule has 2 aromatic rings. The average Bonchev–Trinajstić information content (AvgIpc) is 2.40. The van der Waals surface area contributed by atoms with E-state index in [0.717, 1.165) is 15.7 Å². The molecule has 0 amide bonds. The molecule has 3 nitrogen and oxygen atoms in total. The molecule has 0 atom stereocenters. The zero-order chi connectivity index (χ0) is 13.8. The van der Waals surface area contributed by atoms with Crippen molar-refractivity contribution in [3.8, 4) is 0 Å². The number of halogens is 2. The summed E-state index contributed by atoms with van der Waals surface area (Å²) in [4.78, 5) is 10.7. The molecule has 0 saturated carbocycles. The van der Waals surface area contributed by atoms with Gasteiger partial charge in [0.1, 0.15) is 5.82 Å². The zero-order valence-electron chi connectivity index (χ0n) is 9.86. The quantitative estimate of drug-likeness (QED) is 0.897. The van der Waals surface area contributed by atoms with E-state index < -0.39 is 5.97 Å². The Labute approximate surface area is 118 Å². The highest BCUT2D eigenvalue weighted by molar-refractivity contribution is 9.10. The van der Waals surface area contributed by atoms with E-state index in [2.05, 4.69) is 21.2 Å². The molecule has 0 bridgehead atoms. The molecule has 2 aromatic carbocycles. The van der Waals surface area contributed by atoms with Crippen molar-refractivity contribution in [1.29, 1.82) is 0 Å². The Bertz CT molecular complexity index is 599. The molecule has 0 spiro atoms. The first-order valence-corrected chi connectivity index (χ1v) is 6.37. The lowest BCUT2D eigenvalue weighted by Gasteiger charge is -2.08. The number of anilines is 1. The Kier molecular flexibility index (Phi) is 4.16. The second kappa shape index (κ2) is 5.84. The lowest BCUT2D eigenvalue weighted by molar-refractivity contribution is 0.0697. The molecule has 2 rings (SSSR count). The average molecular weight is 324 g/mol. The summed E-state index contributed by atoms with van der Waals surface area (Å²) in [6, 6.07) is 10.9. The van der Waals surface area contributed by atoms with Crippen molar-refractivity contribution >= 4 is 27.6 Å². The normalized spacial score (nSPS) is 10.2. The van der Waals surface area contributed by atoms with Crippen molar-refractivity contribution in [2.75, 3.05) is 5.32 Å². The van der Waals surface area contributed by atoms with E-state index in [9.17, 15) is 9.18 Å². The minimum absolute atomic E-state index is 0.234. The minimum atomic E-state index is -0.959. The maximum absolute atomic E-state index is 13.1. The van der Waals surface area contributed by atoms with Gasteiger partial charge >= 0.3 is 5.97 Å². The fourth-order valence-corrected chi connectivity index (χ4v) is 1.99. The molecule has 0 unspecified atom stereocenters. The maximum atomic E-state index is 13.1. The first kappa shape index (κ1) is 13.5. The van der Waals surface area contributed by atoms with E-state index in [-0.39, 0.29) is 11.4 Å². The van der Waals surface area contributed by atoms with E-state index in [1.54, 1.807) is 18.2 Å². The third-order valence-corrected chi connectivity index (χ3v) is 3.40. The lowest BCUT2D eigenvalue weighted by atomic mass is 10.2. The van der Waals surface area contributed by atoms with Crippen LogP contribution in [0.2, 0.25) is 0 Å². The van der Waals surface area contributed by atoms with Crippen LogP contribution in [0.15, 0.2) is 46.9 Å². The molecule has 0 heterocycles. The molecule has 0 aliphatic heterocycles. The third kappa shape index (κ3) is 3.54. The van der Waals surface area contributed by atoms with Gasteiger partial charge in [-0.1, -0.05) is 15.9 Å². The van der Waals surface area contributed by atoms with E-state index in [1.165, 1.54) is 24.3 Å². The van der Waals surface area contributed by atoms with Crippen molar-refractivity contribution in [2.45, 2.75) is 6.54 Å². The van der Waals surface area contributed by atoms with Crippen LogP contribution in [0, 0.1) is 5.82 Å². The Hall–Kier alpha value is -1.88. The third-order valence-electron chi connectivity index (χ3n) is 2.62. The molecule has 0 saturated heterocycles. The minimum Gasteiger partial charge on any atom is -0.478 e. The van der Waals surface area contributed by atoms with Crippen LogP contribution < -0.4 is 5.32 Å². The molecule has 0 aliphatic rings. The summed E-state index contributed by atoms with van der Waals surface area (Å²) in [5.74, 6) is -1.25. The molecule has 0 aromatic heterocycles. The Balaban J connectivity index is 2.06. The van der Waals surface area contributed by atoms with Crippen molar-refractivity contribution in [3.63, 3.8) is 0 Å². The second-order valence-corrected chi connectivity index (χ2v) is 4.83. The molecule has 19 heavy (non-hydrogen) atoms. The van der Waals surface area contributed by atoms with E-state index in [1.807, 2.05) is 0 Å². The standard InChI is InChI=1S/C14H11BrFNO2/c15-13-6-3-11(16)7-10(13)8-17-12-4-1-9(2-5-12)14(18)19/h1-7,17H,8H2,(H,18,19). The Morgan fingerprint density at radius 2 is 1.89 bits per heavy atom. The van der Waals surface area contributed by atoms with E-state index >= 15 is 0 Å². The molecule has 5 heteroatoms. The topological polar surface area (TPSA) is 49.3 Å². The van der Waals surface area contributed by atoms with Crippen LogP contribution in [-0.2, 0) is 6.54 Å². The van der Waals surface area contributed by atoms with Gasteiger partial charge in [0.15, 0.2) is 0 Å². The van der Waals surface area contributed by atoms with E-state index in [4.69, 9.17) is 5.11 Å². The van der Waals surface area contributed by atoms with Gasteiger partial charge in [-0.25, -0.2) is 9.18 Å². The molecule has 2 N–H and O–H groups in total. The molecule has 0 radical (unpaired) electrons. The number of carboxylic acids is 1. The zero-order valence-corrected chi connectivity index (χ0v) is 11.4. The fraction of sp³-hybridized carbons (Fsp3) is 0.0714. The lowest BCUT2D eigenvalue weighted by Crippen LogP contribution is -2.02. The van der Waals surface area contributed by atoms with Crippen LogP contribution >= 0.6 is 15.9 Å². The number of rotatable bonds is 4. The number of benzene rings is 2. The van der Waals surface area contributed by atoms with Crippen molar-refractivity contribution in [1.82, 2.24) is 0 Å². The van der Waals surface area contributed by atoms with Crippen LogP contribution in [0.4, 0.5) is 10.1 Å². The smallest absolute Gasteiger partial charge is 0.335 e. The molecule has 98 valence electrons. The summed E-state index contributed by atoms with van der Waals surface area (Å²) in [6.45, 7) is 0.449. The number of carboxylic acid groups (broad SMARTS) is 1. The second-order valence-electron chi connectivity index (χ2n) is 3.97. The predicted octanol–water partition coefficient (Wildman–Crippen LogP) is 3.90. The van der Waals surface area contributed by atoms with Crippen LogP contribution in [0.5, 0.6) is 0 Å². The monoisotopic (exact) mass is 323 g/mol. The SMILES string of the molecule is O=C(O)c1ccc(NCc2cc(F)ccc2Br)cc1. The summed E-state index contributed by atoms with van der Waals surface area (Å²) in [6.07, 6.45) is 0. The van der Waals surface area contributed by atoms with Crippen molar-refractivity contribution < 1.29 is 14.3 Å². The summed E-state index contributed by atoms with van der Waals surface area (Å²) in [7, 11) is 0. The summed E-state index contributed by atoms with van der Waals surface area (Å²) in [5, 5.41) is 11.9. The number of hydrogen-bond acceptors (Lipinski definition) is 2. The predicted molar refractivity (Wildman–Crippen MR) is 74.8 cm³/mol. The number of carbonyl (C=O) groups is 1. The van der Waals surface area contributed by atoms with Gasteiger partial charge in [0.25, 0.3) is 0 Å². The summed E-state index contributed by atoms with van der Waals surface area (Å²) >= 11 is 3.35.